The maximum atomic E-state index is 11.5. The Morgan fingerprint density at radius 2 is 2.06 bits per heavy atom. The molecule has 0 aromatic carbocycles. The van der Waals surface area contributed by atoms with Crippen molar-refractivity contribution in [3.05, 3.63) is 0 Å². The minimum absolute atomic E-state index is 0.142. The van der Waals surface area contributed by atoms with E-state index in [9.17, 15) is 4.79 Å². The SMILES string of the molecule is CCC(C)NC(=O)CCNCCN1CCOCC1. The number of carbonyl (C=O) groups is 1. The topological polar surface area (TPSA) is 53.6 Å². The third-order valence-electron chi connectivity index (χ3n) is 3.26. The maximum Gasteiger partial charge on any atom is 0.221 e. The third kappa shape index (κ3) is 6.93. The van der Waals surface area contributed by atoms with Crippen LogP contribution in [0.15, 0.2) is 0 Å². The van der Waals surface area contributed by atoms with Gasteiger partial charge in [0.25, 0.3) is 0 Å². The number of ether oxygens (including phenoxy) is 1. The lowest BCUT2D eigenvalue weighted by atomic mass is 10.2. The van der Waals surface area contributed by atoms with E-state index in [0.717, 1.165) is 52.4 Å². The average Bonchev–Trinajstić information content (AvgIpc) is 2.39. The number of nitrogens with one attached hydrogen (secondary N) is 2. The summed E-state index contributed by atoms with van der Waals surface area (Å²) in [7, 11) is 0. The van der Waals surface area contributed by atoms with E-state index >= 15 is 0 Å². The van der Waals surface area contributed by atoms with E-state index in [0.29, 0.717) is 6.42 Å². The van der Waals surface area contributed by atoms with E-state index < -0.39 is 0 Å². The summed E-state index contributed by atoms with van der Waals surface area (Å²) in [5.74, 6) is 0.142. The second-order valence-electron chi connectivity index (χ2n) is 4.83. The maximum absolute atomic E-state index is 11.5. The first-order chi connectivity index (χ1) is 8.72. The second kappa shape index (κ2) is 9.30. The zero-order chi connectivity index (χ0) is 13.2. The lowest BCUT2D eigenvalue weighted by Gasteiger charge is -2.26. The molecule has 18 heavy (non-hydrogen) atoms. The molecule has 0 spiro atoms. The van der Waals surface area contributed by atoms with Crippen LogP contribution in [0.2, 0.25) is 0 Å². The Balaban J connectivity index is 1.92. The lowest BCUT2D eigenvalue weighted by Crippen LogP contribution is -2.41. The van der Waals surface area contributed by atoms with Crippen molar-refractivity contribution in [3.63, 3.8) is 0 Å². The lowest BCUT2D eigenvalue weighted by molar-refractivity contribution is -0.121. The Hall–Kier alpha value is -0.650. The number of morpholine rings is 1. The van der Waals surface area contributed by atoms with E-state index in [1.165, 1.54) is 0 Å². The fourth-order valence-corrected chi connectivity index (χ4v) is 1.84. The van der Waals surface area contributed by atoms with Gasteiger partial charge in [-0.25, -0.2) is 0 Å². The van der Waals surface area contributed by atoms with Gasteiger partial charge in [-0.3, -0.25) is 9.69 Å². The van der Waals surface area contributed by atoms with Crippen LogP contribution in [0, 0.1) is 0 Å². The van der Waals surface area contributed by atoms with E-state index in [1.807, 2.05) is 6.92 Å². The van der Waals surface area contributed by atoms with Gasteiger partial charge >= 0.3 is 0 Å². The fraction of sp³-hybridized carbons (Fsp3) is 0.923. The molecule has 5 nitrogen and oxygen atoms in total. The molecule has 106 valence electrons. The van der Waals surface area contributed by atoms with Crippen molar-refractivity contribution in [2.45, 2.75) is 32.7 Å². The summed E-state index contributed by atoms with van der Waals surface area (Å²) in [5.41, 5.74) is 0. The normalized spacial score (nSPS) is 18.6. The van der Waals surface area contributed by atoms with Crippen LogP contribution in [0.4, 0.5) is 0 Å². The highest BCUT2D eigenvalue weighted by Crippen LogP contribution is 1.94. The predicted octanol–water partition coefficient (Wildman–Crippen LogP) is 0.213. The molecule has 1 fully saturated rings. The number of hydrogen-bond acceptors (Lipinski definition) is 4. The van der Waals surface area contributed by atoms with Crippen molar-refractivity contribution in [2.75, 3.05) is 45.9 Å². The minimum atomic E-state index is 0.142. The van der Waals surface area contributed by atoms with Gasteiger partial charge in [0.15, 0.2) is 0 Å². The highest BCUT2D eigenvalue weighted by molar-refractivity contribution is 5.76. The van der Waals surface area contributed by atoms with Crippen LogP contribution in [0.1, 0.15) is 26.7 Å². The molecule has 1 amide bonds. The molecular weight excluding hydrogens is 230 g/mol. The Labute approximate surface area is 110 Å². The highest BCUT2D eigenvalue weighted by Gasteiger charge is 2.09. The fourth-order valence-electron chi connectivity index (χ4n) is 1.84. The quantitative estimate of drug-likeness (QED) is 0.611. The molecule has 0 radical (unpaired) electrons. The molecule has 5 heteroatoms. The molecule has 1 aliphatic rings. The molecule has 1 rings (SSSR count). The van der Waals surface area contributed by atoms with E-state index in [2.05, 4.69) is 22.5 Å². The molecule has 1 saturated heterocycles. The Morgan fingerprint density at radius 3 is 2.72 bits per heavy atom. The van der Waals surface area contributed by atoms with Gasteiger partial charge in [-0.15, -0.1) is 0 Å². The minimum Gasteiger partial charge on any atom is -0.379 e. The van der Waals surface area contributed by atoms with Gasteiger partial charge in [-0.1, -0.05) is 6.92 Å². The molecule has 2 N–H and O–H groups in total. The highest BCUT2D eigenvalue weighted by atomic mass is 16.5. The van der Waals surface area contributed by atoms with E-state index in [-0.39, 0.29) is 11.9 Å². The summed E-state index contributed by atoms with van der Waals surface area (Å²) in [4.78, 5) is 13.9. The first kappa shape index (κ1) is 15.4. The zero-order valence-corrected chi connectivity index (χ0v) is 11.7. The summed E-state index contributed by atoms with van der Waals surface area (Å²) in [6.07, 6.45) is 1.55. The monoisotopic (exact) mass is 257 g/mol. The number of carbonyl (C=O) groups excluding carboxylic acids is 1. The zero-order valence-electron chi connectivity index (χ0n) is 11.7. The van der Waals surface area contributed by atoms with Crippen LogP contribution in [-0.4, -0.2) is 62.8 Å². The van der Waals surface area contributed by atoms with Gasteiger partial charge < -0.3 is 15.4 Å². The molecule has 1 aliphatic heterocycles. The molecule has 0 aromatic rings. The van der Waals surface area contributed by atoms with Crippen molar-refractivity contribution in [1.29, 1.82) is 0 Å². The van der Waals surface area contributed by atoms with Crippen LogP contribution in [-0.2, 0) is 9.53 Å². The molecule has 1 heterocycles. The van der Waals surface area contributed by atoms with E-state index in [4.69, 9.17) is 4.74 Å². The van der Waals surface area contributed by atoms with Gasteiger partial charge in [-0.2, -0.15) is 0 Å². The van der Waals surface area contributed by atoms with Gasteiger partial charge in [-0.05, 0) is 13.3 Å². The second-order valence-corrected chi connectivity index (χ2v) is 4.83. The summed E-state index contributed by atoms with van der Waals surface area (Å²) in [6.45, 7) is 10.6. The Morgan fingerprint density at radius 1 is 1.33 bits per heavy atom. The van der Waals surface area contributed by atoms with Crippen molar-refractivity contribution in [3.8, 4) is 0 Å². The summed E-state index contributed by atoms with van der Waals surface area (Å²) >= 11 is 0. The Bertz CT molecular complexity index is 230. The number of amides is 1. The Kier molecular flexibility index (Phi) is 7.96. The first-order valence-corrected chi connectivity index (χ1v) is 7.02. The molecule has 0 aromatic heterocycles. The van der Waals surface area contributed by atoms with Crippen LogP contribution in [0.5, 0.6) is 0 Å². The predicted molar refractivity (Wildman–Crippen MR) is 72.6 cm³/mol. The summed E-state index contributed by atoms with van der Waals surface area (Å²) in [6, 6.07) is 0.283. The number of nitrogens with zero attached hydrogens (tertiary/aromatic N) is 1. The molecule has 0 aliphatic carbocycles. The largest absolute Gasteiger partial charge is 0.379 e. The molecule has 1 atom stereocenters. The van der Waals surface area contributed by atoms with Gasteiger partial charge in [0.2, 0.25) is 5.91 Å². The van der Waals surface area contributed by atoms with Gasteiger partial charge in [0, 0.05) is 45.2 Å². The van der Waals surface area contributed by atoms with Crippen LogP contribution in [0.25, 0.3) is 0 Å². The van der Waals surface area contributed by atoms with Gasteiger partial charge in [0.05, 0.1) is 13.2 Å². The van der Waals surface area contributed by atoms with Gasteiger partial charge in [0.1, 0.15) is 0 Å². The smallest absolute Gasteiger partial charge is 0.221 e. The van der Waals surface area contributed by atoms with Crippen LogP contribution in [0.3, 0.4) is 0 Å². The molecule has 0 saturated carbocycles. The standard InChI is InChI=1S/C13H27N3O2/c1-3-12(2)15-13(17)4-5-14-6-7-16-8-10-18-11-9-16/h12,14H,3-11H2,1-2H3,(H,15,17). The molecule has 0 bridgehead atoms. The molecule has 1 unspecified atom stereocenters. The van der Waals surface area contributed by atoms with Crippen molar-refractivity contribution in [2.24, 2.45) is 0 Å². The average molecular weight is 257 g/mol. The number of rotatable bonds is 8. The van der Waals surface area contributed by atoms with Crippen LogP contribution >= 0.6 is 0 Å². The van der Waals surface area contributed by atoms with Crippen LogP contribution < -0.4 is 10.6 Å². The molecular formula is C13H27N3O2. The van der Waals surface area contributed by atoms with Crippen molar-refractivity contribution < 1.29 is 9.53 Å². The summed E-state index contributed by atoms with van der Waals surface area (Å²) in [5, 5.41) is 6.28. The van der Waals surface area contributed by atoms with Crippen molar-refractivity contribution in [1.82, 2.24) is 15.5 Å². The summed E-state index contributed by atoms with van der Waals surface area (Å²) < 4.78 is 5.29. The third-order valence-corrected chi connectivity index (χ3v) is 3.26. The van der Waals surface area contributed by atoms with Crippen molar-refractivity contribution >= 4 is 5.91 Å². The number of hydrogen-bond donors (Lipinski definition) is 2. The van der Waals surface area contributed by atoms with E-state index in [1.54, 1.807) is 0 Å². The first-order valence-electron chi connectivity index (χ1n) is 7.02.